The molecule has 0 aromatic heterocycles. The topological polar surface area (TPSA) is 29.1 Å². The van der Waals surface area contributed by atoms with Crippen LogP contribution in [0.1, 0.15) is 25.3 Å². The van der Waals surface area contributed by atoms with Crippen LogP contribution in [0.5, 0.6) is 0 Å². The van der Waals surface area contributed by atoms with Gasteiger partial charge < -0.3 is 5.32 Å². The SMILES string of the molecule is CC1(C(=O)Cc2cc(F)cc(F)c2)CCCNC1. The lowest BCUT2D eigenvalue weighted by Gasteiger charge is -2.32. The van der Waals surface area contributed by atoms with E-state index in [1.54, 1.807) is 0 Å². The van der Waals surface area contributed by atoms with Gasteiger partial charge in [-0.25, -0.2) is 8.78 Å². The maximum Gasteiger partial charge on any atom is 0.144 e. The summed E-state index contributed by atoms with van der Waals surface area (Å²) in [6.07, 6.45) is 1.88. The normalized spacial score (nSPS) is 23.9. The molecule has 0 saturated carbocycles. The Bertz CT molecular complexity index is 433. The Balaban J connectivity index is 2.10. The maximum absolute atomic E-state index is 13.1. The smallest absolute Gasteiger partial charge is 0.144 e. The van der Waals surface area contributed by atoms with Crippen LogP contribution in [0.3, 0.4) is 0 Å². The van der Waals surface area contributed by atoms with Crippen molar-refractivity contribution in [3.63, 3.8) is 0 Å². The molecule has 1 saturated heterocycles. The number of hydrogen-bond acceptors (Lipinski definition) is 2. The van der Waals surface area contributed by atoms with Gasteiger partial charge in [0.05, 0.1) is 0 Å². The van der Waals surface area contributed by atoms with Gasteiger partial charge in [-0.05, 0) is 37.1 Å². The van der Waals surface area contributed by atoms with Crippen LogP contribution in [0.15, 0.2) is 18.2 Å². The average molecular weight is 253 g/mol. The summed E-state index contributed by atoms with van der Waals surface area (Å²) in [4.78, 5) is 12.2. The number of piperidine rings is 1. The number of Topliss-reactive ketones (excluding diaryl/α,β-unsaturated/α-hetero) is 1. The van der Waals surface area contributed by atoms with Crippen molar-refractivity contribution in [2.24, 2.45) is 5.41 Å². The Kier molecular flexibility index (Phi) is 3.76. The number of rotatable bonds is 3. The zero-order valence-corrected chi connectivity index (χ0v) is 10.4. The summed E-state index contributed by atoms with van der Waals surface area (Å²) in [6, 6.07) is 3.26. The van der Waals surface area contributed by atoms with Gasteiger partial charge in [0.25, 0.3) is 0 Å². The number of hydrogen-bond donors (Lipinski definition) is 1. The molecule has 0 radical (unpaired) electrons. The highest BCUT2D eigenvalue weighted by Gasteiger charge is 2.34. The van der Waals surface area contributed by atoms with Crippen LogP contribution in [-0.4, -0.2) is 18.9 Å². The second-order valence-corrected chi connectivity index (χ2v) is 5.22. The number of benzene rings is 1. The van der Waals surface area contributed by atoms with E-state index in [1.165, 1.54) is 12.1 Å². The lowest BCUT2D eigenvalue weighted by atomic mass is 9.77. The molecule has 18 heavy (non-hydrogen) atoms. The fraction of sp³-hybridized carbons (Fsp3) is 0.500. The standard InChI is InChI=1S/C14H17F2NO/c1-14(3-2-4-17-9-14)13(18)7-10-5-11(15)8-12(16)6-10/h5-6,8,17H,2-4,7,9H2,1H3. The van der Waals surface area contributed by atoms with Gasteiger partial charge in [0.1, 0.15) is 17.4 Å². The molecule has 98 valence electrons. The molecule has 1 fully saturated rings. The second-order valence-electron chi connectivity index (χ2n) is 5.22. The molecule has 1 heterocycles. The molecule has 1 unspecified atom stereocenters. The first-order valence-corrected chi connectivity index (χ1v) is 6.19. The Morgan fingerprint density at radius 2 is 2.00 bits per heavy atom. The maximum atomic E-state index is 13.1. The molecule has 0 amide bonds. The van der Waals surface area contributed by atoms with E-state index in [1.807, 2.05) is 6.92 Å². The largest absolute Gasteiger partial charge is 0.316 e. The second kappa shape index (κ2) is 5.14. The van der Waals surface area contributed by atoms with Crippen molar-refractivity contribution in [2.45, 2.75) is 26.2 Å². The van der Waals surface area contributed by atoms with E-state index in [4.69, 9.17) is 0 Å². The van der Waals surface area contributed by atoms with Gasteiger partial charge in [-0.2, -0.15) is 0 Å². The quantitative estimate of drug-likeness (QED) is 0.896. The molecule has 0 bridgehead atoms. The lowest BCUT2D eigenvalue weighted by Crippen LogP contribution is -2.44. The summed E-state index contributed by atoms with van der Waals surface area (Å²) >= 11 is 0. The molecule has 1 N–H and O–H groups in total. The zero-order chi connectivity index (χ0) is 13.2. The molecule has 1 atom stereocenters. The van der Waals surface area contributed by atoms with Crippen molar-refractivity contribution < 1.29 is 13.6 Å². The van der Waals surface area contributed by atoms with Crippen molar-refractivity contribution in [3.8, 4) is 0 Å². The molecule has 1 aromatic rings. The number of halogens is 2. The molecular formula is C14H17F2NO. The van der Waals surface area contributed by atoms with Gasteiger partial charge in [0, 0.05) is 24.4 Å². The van der Waals surface area contributed by atoms with E-state index in [0.717, 1.165) is 25.5 Å². The molecule has 2 rings (SSSR count). The van der Waals surface area contributed by atoms with E-state index in [0.29, 0.717) is 12.1 Å². The van der Waals surface area contributed by atoms with Gasteiger partial charge in [-0.3, -0.25) is 4.79 Å². The highest BCUT2D eigenvalue weighted by atomic mass is 19.1. The predicted octanol–water partition coefficient (Wildman–Crippen LogP) is 2.47. The van der Waals surface area contributed by atoms with Gasteiger partial charge in [0.2, 0.25) is 0 Å². The molecule has 0 aliphatic carbocycles. The highest BCUT2D eigenvalue weighted by molar-refractivity contribution is 5.86. The Labute approximate surface area is 105 Å². The first-order chi connectivity index (χ1) is 8.49. The number of carbonyl (C=O) groups is 1. The van der Waals surface area contributed by atoms with Gasteiger partial charge in [0.15, 0.2) is 0 Å². The highest BCUT2D eigenvalue weighted by Crippen LogP contribution is 2.28. The van der Waals surface area contributed by atoms with E-state index in [-0.39, 0.29) is 12.2 Å². The average Bonchev–Trinajstić information content (AvgIpc) is 2.28. The van der Waals surface area contributed by atoms with Crippen molar-refractivity contribution >= 4 is 5.78 Å². The molecule has 2 nitrogen and oxygen atoms in total. The summed E-state index contributed by atoms with van der Waals surface area (Å²) in [5, 5.41) is 3.20. The third-order valence-corrected chi connectivity index (χ3v) is 3.56. The summed E-state index contributed by atoms with van der Waals surface area (Å²) in [5.74, 6) is -1.23. The van der Waals surface area contributed by atoms with Crippen LogP contribution in [0, 0.1) is 17.0 Å². The van der Waals surface area contributed by atoms with Gasteiger partial charge in [-0.1, -0.05) is 6.92 Å². The third kappa shape index (κ3) is 2.93. The van der Waals surface area contributed by atoms with Crippen LogP contribution in [0.4, 0.5) is 8.78 Å². The molecule has 1 aromatic carbocycles. The first kappa shape index (κ1) is 13.1. The van der Waals surface area contributed by atoms with Crippen molar-refractivity contribution in [2.75, 3.05) is 13.1 Å². The Morgan fingerprint density at radius 1 is 1.33 bits per heavy atom. The van der Waals surface area contributed by atoms with E-state index >= 15 is 0 Å². The minimum absolute atomic E-state index is 0.0414. The van der Waals surface area contributed by atoms with E-state index in [9.17, 15) is 13.6 Å². The fourth-order valence-corrected chi connectivity index (χ4v) is 2.41. The van der Waals surface area contributed by atoms with E-state index in [2.05, 4.69) is 5.32 Å². The molecule has 4 heteroatoms. The summed E-state index contributed by atoms with van der Waals surface area (Å²) in [6.45, 7) is 3.48. The minimum Gasteiger partial charge on any atom is -0.316 e. The lowest BCUT2D eigenvalue weighted by molar-refractivity contribution is -0.128. The van der Waals surface area contributed by atoms with Gasteiger partial charge in [-0.15, -0.1) is 0 Å². The first-order valence-electron chi connectivity index (χ1n) is 6.19. The fourth-order valence-electron chi connectivity index (χ4n) is 2.41. The Hall–Kier alpha value is -1.29. The zero-order valence-electron chi connectivity index (χ0n) is 10.4. The minimum atomic E-state index is -0.635. The molecule has 1 aliphatic rings. The molecule has 1 aliphatic heterocycles. The van der Waals surface area contributed by atoms with Crippen LogP contribution in [0.25, 0.3) is 0 Å². The third-order valence-electron chi connectivity index (χ3n) is 3.56. The summed E-state index contributed by atoms with van der Waals surface area (Å²) < 4.78 is 26.1. The van der Waals surface area contributed by atoms with Crippen LogP contribution >= 0.6 is 0 Å². The number of ketones is 1. The van der Waals surface area contributed by atoms with Crippen LogP contribution in [0.2, 0.25) is 0 Å². The van der Waals surface area contributed by atoms with Crippen molar-refractivity contribution in [1.82, 2.24) is 5.32 Å². The van der Waals surface area contributed by atoms with Crippen LogP contribution in [-0.2, 0) is 11.2 Å². The summed E-state index contributed by atoms with van der Waals surface area (Å²) in [7, 11) is 0. The van der Waals surface area contributed by atoms with E-state index < -0.39 is 17.0 Å². The van der Waals surface area contributed by atoms with Crippen molar-refractivity contribution in [3.05, 3.63) is 35.4 Å². The van der Waals surface area contributed by atoms with Crippen LogP contribution < -0.4 is 5.32 Å². The number of carbonyl (C=O) groups excluding carboxylic acids is 1. The Morgan fingerprint density at radius 3 is 2.56 bits per heavy atom. The molecular weight excluding hydrogens is 236 g/mol. The summed E-state index contributed by atoms with van der Waals surface area (Å²) in [5.41, 5.74) is -0.00887. The monoisotopic (exact) mass is 253 g/mol. The van der Waals surface area contributed by atoms with Crippen molar-refractivity contribution in [1.29, 1.82) is 0 Å². The molecule has 0 spiro atoms. The van der Waals surface area contributed by atoms with Gasteiger partial charge >= 0.3 is 0 Å². The number of nitrogens with one attached hydrogen (secondary N) is 1. The predicted molar refractivity (Wildman–Crippen MR) is 65.3 cm³/mol.